The van der Waals surface area contributed by atoms with Gasteiger partial charge in [0.25, 0.3) is 0 Å². The van der Waals surface area contributed by atoms with Gasteiger partial charge in [-0.1, -0.05) is 36.4 Å². The van der Waals surface area contributed by atoms with Gasteiger partial charge in [0, 0.05) is 23.6 Å². The molecule has 25 heavy (non-hydrogen) atoms. The molecule has 4 nitrogen and oxygen atoms in total. The van der Waals surface area contributed by atoms with Gasteiger partial charge in [-0.3, -0.25) is 9.78 Å². The van der Waals surface area contributed by atoms with Crippen molar-refractivity contribution in [3.8, 4) is 5.75 Å². The Morgan fingerprint density at radius 1 is 1.04 bits per heavy atom. The van der Waals surface area contributed by atoms with Crippen molar-refractivity contribution in [2.75, 3.05) is 0 Å². The third-order valence-electron chi connectivity index (χ3n) is 4.12. The summed E-state index contributed by atoms with van der Waals surface area (Å²) < 4.78 is 5.95. The number of aliphatic carboxylic acids is 1. The van der Waals surface area contributed by atoms with Crippen molar-refractivity contribution in [2.45, 2.75) is 32.3 Å². The predicted molar refractivity (Wildman–Crippen MR) is 97.7 cm³/mol. The largest absolute Gasteiger partial charge is 0.489 e. The molecule has 1 N–H and O–H groups in total. The maximum atomic E-state index is 10.6. The second-order valence-electron chi connectivity index (χ2n) is 6.03. The lowest BCUT2D eigenvalue weighted by molar-refractivity contribution is -0.137. The molecule has 0 radical (unpaired) electrons. The van der Waals surface area contributed by atoms with E-state index in [9.17, 15) is 4.79 Å². The Kier molecular flexibility index (Phi) is 5.62. The molecule has 0 atom stereocenters. The Hall–Kier alpha value is -2.88. The van der Waals surface area contributed by atoms with Crippen LogP contribution in [0.4, 0.5) is 0 Å². The van der Waals surface area contributed by atoms with Crippen LogP contribution in [0.2, 0.25) is 0 Å². The summed E-state index contributed by atoms with van der Waals surface area (Å²) in [5.41, 5.74) is 3.19. The summed E-state index contributed by atoms with van der Waals surface area (Å²) in [7, 11) is 0. The average Bonchev–Trinajstić information content (AvgIpc) is 2.64. The van der Waals surface area contributed by atoms with E-state index in [1.165, 1.54) is 5.56 Å². The van der Waals surface area contributed by atoms with Gasteiger partial charge >= 0.3 is 5.97 Å². The monoisotopic (exact) mass is 335 g/mol. The quantitative estimate of drug-likeness (QED) is 0.611. The van der Waals surface area contributed by atoms with Gasteiger partial charge in [-0.2, -0.15) is 0 Å². The first-order valence-corrected chi connectivity index (χ1v) is 8.48. The summed E-state index contributed by atoms with van der Waals surface area (Å²) in [5, 5.41) is 9.79. The number of aryl methyl sites for hydroxylation is 1. The number of ether oxygens (including phenoxy) is 1. The number of hydrogen-bond acceptors (Lipinski definition) is 3. The zero-order valence-corrected chi connectivity index (χ0v) is 14.0. The van der Waals surface area contributed by atoms with Crippen molar-refractivity contribution in [3.63, 3.8) is 0 Å². The minimum Gasteiger partial charge on any atom is -0.489 e. The normalized spacial score (nSPS) is 10.7. The molecule has 1 heterocycles. The van der Waals surface area contributed by atoms with Gasteiger partial charge in [-0.05, 0) is 43.0 Å². The molecule has 0 bridgehead atoms. The molecule has 128 valence electrons. The number of aromatic nitrogens is 1. The summed E-state index contributed by atoms with van der Waals surface area (Å²) in [4.78, 5) is 15.0. The maximum Gasteiger partial charge on any atom is 0.303 e. The first kappa shape index (κ1) is 17.0. The van der Waals surface area contributed by atoms with Crippen LogP contribution < -0.4 is 4.74 Å². The Morgan fingerprint density at radius 2 is 1.88 bits per heavy atom. The lowest BCUT2D eigenvalue weighted by atomic mass is 10.1. The van der Waals surface area contributed by atoms with Crippen LogP contribution in [-0.4, -0.2) is 16.1 Å². The minimum absolute atomic E-state index is 0.226. The highest BCUT2D eigenvalue weighted by atomic mass is 16.5. The molecular formula is C21H21NO3. The van der Waals surface area contributed by atoms with Crippen molar-refractivity contribution < 1.29 is 14.6 Å². The van der Waals surface area contributed by atoms with E-state index >= 15 is 0 Å². The fraction of sp³-hybridized carbons (Fsp3) is 0.238. The van der Waals surface area contributed by atoms with Crippen LogP contribution in [0.1, 0.15) is 30.4 Å². The number of nitrogens with zero attached hydrogens (tertiary/aromatic N) is 1. The molecule has 1 aromatic heterocycles. The van der Waals surface area contributed by atoms with E-state index in [1.54, 1.807) is 6.20 Å². The molecule has 0 amide bonds. The molecular weight excluding hydrogens is 314 g/mol. The maximum absolute atomic E-state index is 10.6. The number of unbranched alkanes of at least 4 members (excludes halogenated alkanes) is 1. The first-order chi connectivity index (χ1) is 12.2. The van der Waals surface area contributed by atoms with Crippen molar-refractivity contribution >= 4 is 16.9 Å². The van der Waals surface area contributed by atoms with Crippen LogP contribution in [0.25, 0.3) is 10.9 Å². The Morgan fingerprint density at radius 3 is 2.76 bits per heavy atom. The van der Waals surface area contributed by atoms with E-state index in [-0.39, 0.29) is 6.42 Å². The van der Waals surface area contributed by atoms with E-state index in [2.05, 4.69) is 4.98 Å². The van der Waals surface area contributed by atoms with Crippen molar-refractivity contribution in [3.05, 3.63) is 71.9 Å². The molecule has 3 rings (SSSR count). The molecule has 0 saturated heterocycles. The summed E-state index contributed by atoms with van der Waals surface area (Å²) in [6.07, 6.45) is 4.44. The lowest BCUT2D eigenvalue weighted by Crippen LogP contribution is -1.98. The van der Waals surface area contributed by atoms with E-state index < -0.39 is 5.97 Å². The van der Waals surface area contributed by atoms with Crippen LogP contribution >= 0.6 is 0 Å². The van der Waals surface area contributed by atoms with Gasteiger partial charge < -0.3 is 9.84 Å². The van der Waals surface area contributed by atoms with E-state index in [0.29, 0.717) is 13.0 Å². The van der Waals surface area contributed by atoms with Gasteiger partial charge in [0.15, 0.2) is 0 Å². The molecule has 0 unspecified atom stereocenters. The predicted octanol–water partition coefficient (Wildman–Crippen LogP) is 4.61. The van der Waals surface area contributed by atoms with Crippen molar-refractivity contribution in [1.29, 1.82) is 0 Å². The van der Waals surface area contributed by atoms with Crippen LogP contribution in [0.3, 0.4) is 0 Å². The molecule has 0 aliphatic rings. The fourth-order valence-corrected chi connectivity index (χ4v) is 2.84. The molecule has 0 aliphatic carbocycles. The second-order valence-corrected chi connectivity index (χ2v) is 6.03. The standard InChI is InChI=1S/C21H21NO3/c23-20(24)12-2-1-6-16-7-3-11-19(14-16)25-15-18-9-4-8-17-10-5-13-22-21(17)18/h3-5,7-11,13-14H,1-2,6,12,15H2,(H,23,24). The Labute approximate surface area is 147 Å². The topological polar surface area (TPSA) is 59.4 Å². The van der Waals surface area contributed by atoms with E-state index in [4.69, 9.17) is 9.84 Å². The molecule has 0 saturated carbocycles. The number of para-hydroxylation sites is 1. The highest BCUT2D eigenvalue weighted by Gasteiger charge is 2.04. The zero-order valence-electron chi connectivity index (χ0n) is 14.0. The van der Waals surface area contributed by atoms with Gasteiger partial charge in [0.2, 0.25) is 0 Å². The average molecular weight is 335 g/mol. The zero-order chi connectivity index (χ0) is 17.5. The first-order valence-electron chi connectivity index (χ1n) is 8.48. The minimum atomic E-state index is -0.735. The molecule has 0 aliphatic heterocycles. The van der Waals surface area contributed by atoms with Gasteiger partial charge in [0.1, 0.15) is 12.4 Å². The van der Waals surface area contributed by atoms with Gasteiger partial charge in [-0.25, -0.2) is 0 Å². The molecule has 2 aromatic carbocycles. The molecule has 4 heteroatoms. The van der Waals surface area contributed by atoms with E-state index in [1.807, 2.05) is 54.6 Å². The third-order valence-corrected chi connectivity index (χ3v) is 4.12. The number of carboxylic acids is 1. The summed E-state index contributed by atoms with van der Waals surface area (Å²) in [6.45, 7) is 0.469. The summed E-state index contributed by atoms with van der Waals surface area (Å²) in [6, 6.07) is 18.1. The number of pyridine rings is 1. The highest BCUT2D eigenvalue weighted by molar-refractivity contribution is 5.81. The fourth-order valence-electron chi connectivity index (χ4n) is 2.84. The van der Waals surface area contributed by atoms with Gasteiger partial charge in [-0.15, -0.1) is 0 Å². The number of hydrogen-bond donors (Lipinski definition) is 1. The highest BCUT2D eigenvalue weighted by Crippen LogP contribution is 2.20. The van der Waals surface area contributed by atoms with E-state index in [0.717, 1.165) is 35.1 Å². The number of carbonyl (C=O) groups is 1. The van der Waals surface area contributed by atoms with Crippen LogP contribution in [-0.2, 0) is 17.8 Å². The van der Waals surface area contributed by atoms with Crippen LogP contribution in [0.5, 0.6) is 5.75 Å². The Balaban J connectivity index is 1.61. The molecule has 0 spiro atoms. The van der Waals surface area contributed by atoms with Crippen molar-refractivity contribution in [2.24, 2.45) is 0 Å². The molecule has 0 fully saturated rings. The summed E-state index contributed by atoms with van der Waals surface area (Å²) in [5.74, 6) is 0.0875. The van der Waals surface area contributed by atoms with Gasteiger partial charge in [0.05, 0.1) is 5.52 Å². The second kappa shape index (κ2) is 8.29. The number of fused-ring (bicyclic) bond motifs is 1. The number of benzene rings is 2. The smallest absolute Gasteiger partial charge is 0.303 e. The summed E-state index contributed by atoms with van der Waals surface area (Å²) >= 11 is 0. The number of carboxylic acid groups (broad SMARTS) is 1. The lowest BCUT2D eigenvalue weighted by Gasteiger charge is -2.10. The van der Waals surface area contributed by atoms with Crippen molar-refractivity contribution in [1.82, 2.24) is 4.98 Å². The SMILES string of the molecule is O=C(O)CCCCc1cccc(OCc2cccc3cccnc23)c1. The Bertz CT molecular complexity index is 855. The van der Waals surface area contributed by atoms with Crippen LogP contribution in [0.15, 0.2) is 60.8 Å². The third kappa shape index (κ3) is 4.80. The molecule has 3 aromatic rings. The van der Waals surface area contributed by atoms with Crippen LogP contribution in [0, 0.1) is 0 Å². The number of rotatable bonds is 8.